The van der Waals surface area contributed by atoms with Gasteiger partial charge in [-0.05, 0) is 30.9 Å². The lowest BCUT2D eigenvalue weighted by Gasteiger charge is -2.19. The van der Waals surface area contributed by atoms with Crippen LogP contribution in [0.25, 0.3) is 0 Å². The van der Waals surface area contributed by atoms with Gasteiger partial charge in [0.2, 0.25) is 0 Å². The summed E-state index contributed by atoms with van der Waals surface area (Å²) in [7, 11) is 0. The Morgan fingerprint density at radius 1 is 1.35 bits per heavy atom. The number of aliphatic hydroxyl groups is 2. The van der Waals surface area contributed by atoms with Gasteiger partial charge in [0, 0.05) is 11.5 Å². The Morgan fingerprint density at radius 3 is 2.65 bits per heavy atom. The largest absolute Gasteiger partial charge is 0.508 e. The molecule has 0 saturated carbocycles. The number of benzene rings is 1. The molecule has 0 fully saturated rings. The molecule has 0 radical (unpaired) electrons. The molecule has 1 aromatic carbocycles. The van der Waals surface area contributed by atoms with Crippen molar-refractivity contribution in [3.05, 3.63) is 29.3 Å². The van der Waals surface area contributed by atoms with E-state index in [0.717, 1.165) is 12.0 Å². The number of carbonyl (C=O) groups excluding carboxylic acids is 1. The summed E-state index contributed by atoms with van der Waals surface area (Å²) >= 11 is 0. The summed E-state index contributed by atoms with van der Waals surface area (Å²) in [5, 5.41) is 28.3. The lowest BCUT2D eigenvalue weighted by molar-refractivity contribution is -0.129. The molecule has 0 amide bonds. The van der Waals surface area contributed by atoms with Crippen molar-refractivity contribution in [3.63, 3.8) is 0 Å². The van der Waals surface area contributed by atoms with Crippen LogP contribution >= 0.6 is 0 Å². The van der Waals surface area contributed by atoms with Gasteiger partial charge in [-0.3, -0.25) is 4.79 Å². The molecule has 0 aromatic heterocycles. The van der Waals surface area contributed by atoms with Crippen molar-refractivity contribution in [2.24, 2.45) is 0 Å². The first kappa shape index (κ1) is 16.5. The highest BCUT2D eigenvalue weighted by molar-refractivity contribution is 5.40. The van der Waals surface area contributed by atoms with Crippen molar-refractivity contribution < 1.29 is 24.9 Å². The molecule has 0 aliphatic carbocycles. The van der Waals surface area contributed by atoms with Gasteiger partial charge in [-0.25, -0.2) is 0 Å². The average molecular weight is 282 g/mol. The highest BCUT2D eigenvalue weighted by atomic mass is 16.5. The first-order chi connectivity index (χ1) is 9.62. The Balaban J connectivity index is 2.83. The molecule has 0 bridgehead atoms. The summed E-state index contributed by atoms with van der Waals surface area (Å²) in [4.78, 5) is 10.3. The van der Waals surface area contributed by atoms with Gasteiger partial charge in [-0.15, -0.1) is 0 Å². The summed E-state index contributed by atoms with van der Waals surface area (Å²) in [6.45, 7) is 2.20. The Morgan fingerprint density at radius 2 is 2.10 bits per heavy atom. The molecule has 20 heavy (non-hydrogen) atoms. The highest BCUT2D eigenvalue weighted by Gasteiger charge is 2.18. The van der Waals surface area contributed by atoms with Crippen molar-refractivity contribution in [1.82, 2.24) is 0 Å². The zero-order valence-corrected chi connectivity index (χ0v) is 11.7. The number of phenols is 1. The maximum atomic E-state index is 10.3. The minimum Gasteiger partial charge on any atom is -0.508 e. The fourth-order valence-electron chi connectivity index (χ4n) is 2.12. The molecule has 0 heterocycles. The fraction of sp³-hybridized carbons (Fsp3) is 0.533. The Kier molecular flexibility index (Phi) is 7.04. The maximum Gasteiger partial charge on any atom is 0.293 e. The summed E-state index contributed by atoms with van der Waals surface area (Å²) in [6, 6.07) is 5.44. The summed E-state index contributed by atoms with van der Waals surface area (Å²) in [5.74, 6) is -0.0327. The van der Waals surface area contributed by atoms with Crippen molar-refractivity contribution in [2.75, 3.05) is 13.2 Å². The summed E-state index contributed by atoms with van der Waals surface area (Å²) in [5.41, 5.74) is 1.71. The number of ether oxygens (including phenoxy) is 1. The van der Waals surface area contributed by atoms with Crippen LogP contribution in [0.2, 0.25) is 0 Å². The Hall–Kier alpha value is -1.59. The molecule has 0 aliphatic heterocycles. The molecule has 1 aromatic rings. The second-order valence-corrected chi connectivity index (χ2v) is 4.79. The first-order valence-corrected chi connectivity index (χ1v) is 6.78. The third-order valence-electron chi connectivity index (χ3n) is 3.37. The zero-order chi connectivity index (χ0) is 15.0. The van der Waals surface area contributed by atoms with Crippen molar-refractivity contribution in [3.8, 4) is 5.75 Å². The predicted molar refractivity (Wildman–Crippen MR) is 74.6 cm³/mol. The van der Waals surface area contributed by atoms with Crippen LogP contribution in [-0.2, 0) is 16.0 Å². The fourth-order valence-corrected chi connectivity index (χ4v) is 2.12. The lowest BCUT2D eigenvalue weighted by atomic mass is 9.92. The van der Waals surface area contributed by atoms with E-state index in [1.807, 2.05) is 19.1 Å². The van der Waals surface area contributed by atoms with E-state index < -0.39 is 6.10 Å². The minimum absolute atomic E-state index is 0.140. The van der Waals surface area contributed by atoms with Crippen LogP contribution in [0.1, 0.15) is 36.8 Å². The molecule has 0 spiro atoms. The number of aryl methyl sites for hydroxylation is 1. The highest BCUT2D eigenvalue weighted by Crippen LogP contribution is 2.31. The maximum absolute atomic E-state index is 10.3. The number of hydrogen-bond acceptors (Lipinski definition) is 5. The number of phenolic OH excluding ortho intramolecular Hbond substituents is 1. The van der Waals surface area contributed by atoms with Crippen LogP contribution in [-0.4, -0.2) is 41.1 Å². The lowest BCUT2D eigenvalue weighted by Crippen LogP contribution is -2.16. The monoisotopic (exact) mass is 282 g/mol. The van der Waals surface area contributed by atoms with E-state index in [1.54, 1.807) is 6.07 Å². The SMILES string of the molecule is CCc1ccc(C(CCC(O)CO)COC=O)c(O)c1. The number of carbonyl (C=O) groups is 1. The second-order valence-electron chi connectivity index (χ2n) is 4.79. The first-order valence-electron chi connectivity index (χ1n) is 6.78. The topological polar surface area (TPSA) is 87.0 Å². The standard InChI is InChI=1S/C15H22O5/c1-2-11-3-6-14(15(19)7-11)12(9-20-10-17)4-5-13(18)8-16/h3,6-7,10,12-13,16,18-19H,2,4-5,8-9H2,1H3. The van der Waals surface area contributed by atoms with E-state index >= 15 is 0 Å². The van der Waals surface area contributed by atoms with Gasteiger partial charge in [0.05, 0.1) is 19.3 Å². The molecule has 112 valence electrons. The van der Waals surface area contributed by atoms with Crippen molar-refractivity contribution in [2.45, 2.75) is 38.2 Å². The van der Waals surface area contributed by atoms with Gasteiger partial charge < -0.3 is 20.1 Å². The van der Waals surface area contributed by atoms with E-state index in [4.69, 9.17) is 9.84 Å². The molecule has 0 aliphatic rings. The van der Waals surface area contributed by atoms with Crippen molar-refractivity contribution >= 4 is 6.47 Å². The molecule has 0 saturated heterocycles. The van der Waals surface area contributed by atoms with Crippen molar-refractivity contribution in [1.29, 1.82) is 0 Å². The van der Waals surface area contributed by atoms with E-state index in [0.29, 0.717) is 24.9 Å². The normalized spacial score (nSPS) is 13.8. The zero-order valence-electron chi connectivity index (χ0n) is 11.7. The van der Waals surface area contributed by atoms with Crippen LogP contribution in [0.4, 0.5) is 0 Å². The van der Waals surface area contributed by atoms with E-state index in [1.165, 1.54) is 0 Å². The van der Waals surface area contributed by atoms with Crippen LogP contribution in [0.3, 0.4) is 0 Å². The molecule has 5 heteroatoms. The van der Waals surface area contributed by atoms with E-state index in [9.17, 15) is 15.0 Å². The smallest absolute Gasteiger partial charge is 0.293 e. The van der Waals surface area contributed by atoms with E-state index in [2.05, 4.69) is 0 Å². The van der Waals surface area contributed by atoms with Gasteiger partial charge >= 0.3 is 0 Å². The molecule has 2 atom stereocenters. The van der Waals surface area contributed by atoms with Gasteiger partial charge in [0.25, 0.3) is 6.47 Å². The molecule has 2 unspecified atom stereocenters. The molecule has 3 N–H and O–H groups in total. The Labute approximate surface area is 118 Å². The minimum atomic E-state index is -0.800. The molecule has 5 nitrogen and oxygen atoms in total. The third kappa shape index (κ3) is 4.83. The van der Waals surface area contributed by atoms with Gasteiger partial charge in [-0.2, -0.15) is 0 Å². The molecular weight excluding hydrogens is 260 g/mol. The number of hydrogen-bond donors (Lipinski definition) is 3. The summed E-state index contributed by atoms with van der Waals surface area (Å²) < 4.78 is 4.79. The van der Waals surface area contributed by atoms with Crippen LogP contribution in [0.15, 0.2) is 18.2 Å². The average Bonchev–Trinajstić information content (AvgIpc) is 2.47. The Bertz CT molecular complexity index is 419. The van der Waals surface area contributed by atoms with Gasteiger partial charge in [0.1, 0.15) is 5.75 Å². The van der Waals surface area contributed by atoms with Gasteiger partial charge in [0.15, 0.2) is 0 Å². The van der Waals surface area contributed by atoms with E-state index in [-0.39, 0.29) is 24.9 Å². The number of aliphatic hydroxyl groups excluding tert-OH is 2. The number of rotatable bonds is 9. The third-order valence-corrected chi connectivity index (χ3v) is 3.37. The number of aromatic hydroxyl groups is 1. The molecule has 1 rings (SSSR count). The van der Waals surface area contributed by atoms with Crippen LogP contribution in [0, 0.1) is 0 Å². The quantitative estimate of drug-likeness (QED) is 0.595. The van der Waals surface area contributed by atoms with Crippen LogP contribution in [0.5, 0.6) is 5.75 Å². The summed E-state index contributed by atoms with van der Waals surface area (Å²) in [6.07, 6.45) is 0.908. The second kappa shape index (κ2) is 8.55. The molecular formula is C15H22O5. The van der Waals surface area contributed by atoms with Gasteiger partial charge in [-0.1, -0.05) is 19.1 Å². The van der Waals surface area contributed by atoms with Crippen LogP contribution < -0.4 is 0 Å². The predicted octanol–water partition coefficient (Wildman–Crippen LogP) is 1.34.